The van der Waals surface area contributed by atoms with Gasteiger partial charge in [-0.2, -0.15) is 4.98 Å². The number of ether oxygens (including phenoxy) is 1. The minimum absolute atomic E-state index is 0. The smallest absolute Gasteiger partial charge is 0.251 e. The van der Waals surface area contributed by atoms with Gasteiger partial charge in [0, 0.05) is 47.3 Å². The van der Waals surface area contributed by atoms with E-state index in [0.717, 1.165) is 11.3 Å². The molecule has 4 N–H and O–H groups in total. The summed E-state index contributed by atoms with van der Waals surface area (Å²) >= 11 is 6.21. The van der Waals surface area contributed by atoms with Crippen LogP contribution < -0.4 is 16.4 Å². The van der Waals surface area contributed by atoms with Gasteiger partial charge in [0.05, 0.1) is 6.61 Å². The van der Waals surface area contributed by atoms with Crippen molar-refractivity contribution < 1.29 is 9.53 Å². The lowest BCUT2D eigenvalue weighted by Crippen LogP contribution is -2.26. The first-order valence-electron chi connectivity index (χ1n) is 8.60. The normalized spacial score (nSPS) is 10.1. The van der Waals surface area contributed by atoms with Crippen molar-refractivity contribution in [1.82, 2.24) is 15.3 Å². The van der Waals surface area contributed by atoms with Crippen molar-refractivity contribution in [3.05, 3.63) is 65.3 Å². The zero-order valence-electron chi connectivity index (χ0n) is 15.7. The molecule has 0 unspecified atom stereocenters. The molecule has 9 heteroatoms. The highest BCUT2D eigenvalue weighted by molar-refractivity contribution is 6.33. The van der Waals surface area contributed by atoms with Crippen LogP contribution in [0.5, 0.6) is 0 Å². The molecule has 0 atom stereocenters. The van der Waals surface area contributed by atoms with E-state index in [2.05, 4.69) is 20.6 Å². The first-order chi connectivity index (χ1) is 13.6. The van der Waals surface area contributed by atoms with Crippen molar-refractivity contribution >= 4 is 47.4 Å². The molecule has 0 aliphatic rings. The summed E-state index contributed by atoms with van der Waals surface area (Å²) < 4.78 is 4.91. The Hall–Kier alpha value is -2.87. The van der Waals surface area contributed by atoms with E-state index >= 15 is 0 Å². The van der Waals surface area contributed by atoms with Crippen molar-refractivity contribution in [2.45, 2.75) is 0 Å². The summed E-state index contributed by atoms with van der Waals surface area (Å²) in [6.45, 7) is 0.925. The molecule has 3 rings (SSSR count). The van der Waals surface area contributed by atoms with Gasteiger partial charge in [0.25, 0.3) is 5.91 Å². The quantitative estimate of drug-likeness (QED) is 0.487. The number of anilines is 3. The maximum absolute atomic E-state index is 12.0. The van der Waals surface area contributed by atoms with Gasteiger partial charge in [-0.05, 0) is 30.3 Å². The van der Waals surface area contributed by atoms with Crippen molar-refractivity contribution in [2.75, 3.05) is 31.3 Å². The number of nitrogens with one attached hydrogen (secondary N) is 2. The molecule has 0 saturated heterocycles. The molecular formula is C20H21Cl2N5O2. The zero-order chi connectivity index (χ0) is 19.9. The second kappa shape index (κ2) is 10.6. The summed E-state index contributed by atoms with van der Waals surface area (Å²) in [4.78, 5) is 20.6. The second-order valence-corrected chi connectivity index (χ2v) is 6.33. The highest BCUT2D eigenvalue weighted by Gasteiger charge is 2.10. The number of rotatable bonds is 7. The molecule has 0 bridgehead atoms. The predicted octanol–water partition coefficient (Wildman–Crippen LogP) is 3.92. The highest BCUT2D eigenvalue weighted by atomic mass is 35.5. The van der Waals surface area contributed by atoms with E-state index in [0.29, 0.717) is 41.1 Å². The average molecular weight is 434 g/mol. The fraction of sp³-hybridized carbons (Fsp3) is 0.150. The Bertz CT molecular complexity index is 967. The van der Waals surface area contributed by atoms with E-state index in [1.807, 2.05) is 18.2 Å². The number of halogens is 2. The molecule has 29 heavy (non-hydrogen) atoms. The number of nitrogen functional groups attached to an aromatic ring is 1. The van der Waals surface area contributed by atoms with E-state index in [4.69, 9.17) is 22.1 Å². The van der Waals surface area contributed by atoms with Gasteiger partial charge in [0.15, 0.2) is 0 Å². The van der Waals surface area contributed by atoms with Crippen molar-refractivity contribution in [2.24, 2.45) is 0 Å². The van der Waals surface area contributed by atoms with Crippen LogP contribution in [0.1, 0.15) is 10.4 Å². The van der Waals surface area contributed by atoms with Crippen molar-refractivity contribution in [3.8, 4) is 11.1 Å². The van der Waals surface area contributed by atoms with Crippen LogP contribution in [0.4, 0.5) is 17.5 Å². The molecule has 0 spiro atoms. The van der Waals surface area contributed by atoms with Gasteiger partial charge >= 0.3 is 0 Å². The molecule has 1 aromatic heterocycles. The van der Waals surface area contributed by atoms with Gasteiger partial charge in [-0.25, -0.2) is 4.98 Å². The lowest BCUT2D eigenvalue weighted by molar-refractivity contribution is 0.0937. The number of aromatic nitrogens is 2. The maximum Gasteiger partial charge on any atom is 0.251 e. The predicted molar refractivity (Wildman–Crippen MR) is 118 cm³/mol. The Morgan fingerprint density at radius 1 is 1.14 bits per heavy atom. The van der Waals surface area contributed by atoms with E-state index in [-0.39, 0.29) is 18.3 Å². The molecule has 0 saturated carbocycles. The summed E-state index contributed by atoms with van der Waals surface area (Å²) in [6.07, 6.45) is 1.63. The largest absolute Gasteiger partial charge is 0.383 e. The number of carbonyl (C=O) groups excluding carboxylic acids is 1. The van der Waals surface area contributed by atoms with Crippen LogP contribution >= 0.6 is 24.0 Å². The highest BCUT2D eigenvalue weighted by Crippen LogP contribution is 2.31. The first kappa shape index (κ1) is 22.4. The fourth-order valence-electron chi connectivity index (χ4n) is 2.55. The topological polar surface area (TPSA) is 102 Å². The second-order valence-electron chi connectivity index (χ2n) is 5.92. The van der Waals surface area contributed by atoms with Crippen molar-refractivity contribution in [1.29, 1.82) is 0 Å². The van der Waals surface area contributed by atoms with E-state index < -0.39 is 0 Å². The average Bonchev–Trinajstić information content (AvgIpc) is 2.70. The van der Waals surface area contributed by atoms with Crippen LogP contribution in [-0.2, 0) is 4.74 Å². The number of nitrogens with zero attached hydrogens (tertiary/aromatic N) is 2. The van der Waals surface area contributed by atoms with E-state index in [1.165, 1.54) is 0 Å². The Kier molecular flexibility index (Phi) is 8.21. The number of hydrogen-bond acceptors (Lipinski definition) is 6. The van der Waals surface area contributed by atoms with Crippen LogP contribution in [0, 0.1) is 0 Å². The van der Waals surface area contributed by atoms with Crippen LogP contribution in [0.2, 0.25) is 5.02 Å². The lowest BCUT2D eigenvalue weighted by Gasteiger charge is -2.10. The van der Waals surface area contributed by atoms with Gasteiger partial charge in [0.1, 0.15) is 5.82 Å². The number of nitrogens with two attached hydrogens (primary N) is 1. The summed E-state index contributed by atoms with van der Waals surface area (Å²) in [6, 6.07) is 14.3. The van der Waals surface area contributed by atoms with Gasteiger partial charge < -0.3 is 21.1 Å². The van der Waals surface area contributed by atoms with Crippen molar-refractivity contribution in [3.63, 3.8) is 0 Å². The molecule has 2 aromatic carbocycles. The summed E-state index contributed by atoms with van der Waals surface area (Å²) in [5.41, 5.74) is 8.81. The Labute approximate surface area is 180 Å². The van der Waals surface area contributed by atoms with Gasteiger partial charge in [-0.3, -0.25) is 4.79 Å². The zero-order valence-corrected chi connectivity index (χ0v) is 17.3. The molecule has 0 aliphatic carbocycles. The SMILES string of the molecule is COCCNC(=O)c1ccc(Nc2ncc(-c3ccccc3Cl)c(N)n2)cc1.Cl. The molecular weight excluding hydrogens is 413 g/mol. The summed E-state index contributed by atoms with van der Waals surface area (Å²) in [5.74, 6) is 0.513. The Balaban J connectivity index is 0.00000300. The summed E-state index contributed by atoms with van der Waals surface area (Å²) in [5, 5.41) is 6.42. The van der Waals surface area contributed by atoms with E-state index in [1.54, 1.807) is 43.6 Å². The molecule has 0 radical (unpaired) electrons. The molecule has 1 amide bonds. The summed E-state index contributed by atoms with van der Waals surface area (Å²) in [7, 11) is 1.59. The number of hydrogen-bond donors (Lipinski definition) is 3. The minimum Gasteiger partial charge on any atom is -0.383 e. The number of amides is 1. The van der Waals surface area contributed by atoms with Crippen LogP contribution in [-0.4, -0.2) is 36.1 Å². The molecule has 0 aliphatic heterocycles. The van der Waals surface area contributed by atoms with Gasteiger partial charge in [0.2, 0.25) is 5.95 Å². The van der Waals surface area contributed by atoms with Crippen LogP contribution in [0.25, 0.3) is 11.1 Å². The Morgan fingerprint density at radius 2 is 1.86 bits per heavy atom. The van der Waals surface area contributed by atoms with Gasteiger partial charge in [-0.1, -0.05) is 29.8 Å². The van der Waals surface area contributed by atoms with Crippen LogP contribution in [0.15, 0.2) is 54.7 Å². The van der Waals surface area contributed by atoms with Gasteiger partial charge in [-0.15, -0.1) is 12.4 Å². The maximum atomic E-state index is 12.0. The first-order valence-corrected chi connectivity index (χ1v) is 8.98. The van der Waals surface area contributed by atoms with Crippen LogP contribution in [0.3, 0.4) is 0 Å². The third-order valence-corrected chi connectivity index (χ3v) is 4.31. The third kappa shape index (κ3) is 5.80. The third-order valence-electron chi connectivity index (χ3n) is 3.98. The monoisotopic (exact) mass is 433 g/mol. The number of benzene rings is 2. The number of methoxy groups -OCH3 is 1. The minimum atomic E-state index is -0.159. The Morgan fingerprint density at radius 3 is 2.52 bits per heavy atom. The fourth-order valence-corrected chi connectivity index (χ4v) is 2.78. The molecule has 0 fully saturated rings. The lowest BCUT2D eigenvalue weighted by atomic mass is 10.1. The standard InChI is InChI=1S/C20H20ClN5O2.ClH/c1-28-11-10-23-19(27)13-6-8-14(9-7-13)25-20-24-12-16(18(22)26-20)15-4-2-3-5-17(15)21;/h2-9,12H,10-11H2,1H3,(H,23,27)(H3,22,24,25,26);1H. The molecule has 7 nitrogen and oxygen atoms in total. The van der Waals surface area contributed by atoms with E-state index in [9.17, 15) is 4.79 Å². The number of carbonyl (C=O) groups is 1. The molecule has 152 valence electrons. The molecule has 3 aromatic rings. The molecule has 1 heterocycles.